The van der Waals surface area contributed by atoms with Crippen LogP contribution in [0.15, 0.2) is 24.3 Å². The van der Waals surface area contributed by atoms with Crippen LogP contribution in [-0.2, 0) is 4.74 Å². The van der Waals surface area contributed by atoms with Gasteiger partial charge in [-0.1, -0.05) is 6.07 Å². The lowest BCUT2D eigenvalue weighted by molar-refractivity contribution is 0.0241. The Labute approximate surface area is 124 Å². The number of nitrogens with two attached hydrogens (primary N) is 1. The summed E-state index contributed by atoms with van der Waals surface area (Å²) >= 11 is 0. The third-order valence-electron chi connectivity index (χ3n) is 3.77. The minimum absolute atomic E-state index is 0.252. The Bertz CT molecular complexity index is 459. The third-order valence-corrected chi connectivity index (χ3v) is 3.77. The molecule has 3 N–H and O–H groups in total. The van der Waals surface area contributed by atoms with E-state index in [9.17, 15) is 9.18 Å². The number of ether oxygens (including phenoxy) is 1. The first kappa shape index (κ1) is 15.9. The molecule has 0 heterocycles. The number of amides is 1. The second kappa shape index (κ2) is 8.10. The van der Waals surface area contributed by atoms with Gasteiger partial charge in [-0.2, -0.15) is 0 Å². The van der Waals surface area contributed by atoms with Crippen molar-refractivity contribution in [3.63, 3.8) is 0 Å². The maximum Gasteiger partial charge on any atom is 0.251 e. The van der Waals surface area contributed by atoms with Crippen molar-refractivity contribution in [2.75, 3.05) is 13.2 Å². The second-order valence-electron chi connectivity index (χ2n) is 5.53. The van der Waals surface area contributed by atoms with Gasteiger partial charge in [0.2, 0.25) is 0 Å². The highest BCUT2D eigenvalue weighted by molar-refractivity contribution is 5.94. The Morgan fingerprint density at radius 3 is 2.81 bits per heavy atom. The van der Waals surface area contributed by atoms with Crippen molar-refractivity contribution in [2.24, 2.45) is 5.73 Å². The van der Waals surface area contributed by atoms with Crippen molar-refractivity contribution in [1.29, 1.82) is 0 Å². The zero-order valence-electron chi connectivity index (χ0n) is 12.2. The first-order valence-corrected chi connectivity index (χ1v) is 7.56. The van der Waals surface area contributed by atoms with Crippen LogP contribution in [0, 0.1) is 5.82 Å². The van der Waals surface area contributed by atoms with Crippen molar-refractivity contribution < 1.29 is 13.9 Å². The molecule has 5 heteroatoms. The van der Waals surface area contributed by atoms with Crippen LogP contribution in [0.5, 0.6) is 0 Å². The molecule has 116 valence electrons. The van der Waals surface area contributed by atoms with E-state index < -0.39 is 5.82 Å². The fraction of sp³-hybridized carbons (Fsp3) is 0.562. The fourth-order valence-electron chi connectivity index (χ4n) is 2.51. The molecule has 2 rings (SSSR count). The minimum Gasteiger partial charge on any atom is -0.378 e. The zero-order valence-corrected chi connectivity index (χ0v) is 12.2. The molecule has 1 aromatic carbocycles. The quantitative estimate of drug-likeness (QED) is 0.791. The maximum atomic E-state index is 13.0. The van der Waals surface area contributed by atoms with Gasteiger partial charge in [-0.05, 0) is 50.3 Å². The second-order valence-corrected chi connectivity index (χ2v) is 5.53. The Hall–Kier alpha value is -1.46. The average Bonchev–Trinajstić information content (AvgIpc) is 2.48. The van der Waals surface area contributed by atoms with E-state index >= 15 is 0 Å². The van der Waals surface area contributed by atoms with Gasteiger partial charge < -0.3 is 15.8 Å². The number of halogens is 1. The molecular formula is C16H23FN2O2. The molecule has 0 radical (unpaired) electrons. The molecule has 0 bridgehead atoms. The number of hydrogen-bond acceptors (Lipinski definition) is 3. The van der Waals surface area contributed by atoms with Crippen molar-refractivity contribution in [1.82, 2.24) is 5.32 Å². The standard InChI is InChI=1S/C16H23FN2O2/c17-13-4-1-3-12(11-13)16(20)19-9-2-10-21-15-7-5-14(18)6-8-15/h1,3-4,11,14-15H,2,5-10,18H2,(H,19,20). The molecule has 1 aliphatic carbocycles. The lowest BCUT2D eigenvalue weighted by atomic mass is 9.94. The van der Waals surface area contributed by atoms with Crippen LogP contribution in [-0.4, -0.2) is 31.2 Å². The van der Waals surface area contributed by atoms with Gasteiger partial charge in [0.1, 0.15) is 5.82 Å². The molecule has 1 saturated carbocycles. The van der Waals surface area contributed by atoms with Gasteiger partial charge in [0.15, 0.2) is 0 Å². The summed E-state index contributed by atoms with van der Waals surface area (Å²) in [6, 6.07) is 6.01. The molecule has 0 aliphatic heterocycles. The highest BCUT2D eigenvalue weighted by Crippen LogP contribution is 2.19. The molecule has 0 unspecified atom stereocenters. The largest absolute Gasteiger partial charge is 0.378 e. The van der Waals surface area contributed by atoms with E-state index in [2.05, 4.69) is 5.32 Å². The van der Waals surface area contributed by atoms with Gasteiger partial charge in [0, 0.05) is 24.8 Å². The monoisotopic (exact) mass is 294 g/mol. The van der Waals surface area contributed by atoms with Gasteiger partial charge in [0.25, 0.3) is 5.91 Å². The van der Waals surface area contributed by atoms with Crippen molar-refractivity contribution >= 4 is 5.91 Å². The normalized spacial score (nSPS) is 22.0. The van der Waals surface area contributed by atoms with E-state index in [-0.39, 0.29) is 5.91 Å². The van der Waals surface area contributed by atoms with Gasteiger partial charge in [-0.3, -0.25) is 4.79 Å². The predicted octanol–water partition coefficient (Wildman–Crippen LogP) is 2.23. The van der Waals surface area contributed by atoms with Gasteiger partial charge in [0.05, 0.1) is 6.10 Å². The van der Waals surface area contributed by atoms with E-state index in [1.807, 2.05) is 0 Å². The van der Waals surface area contributed by atoms with Crippen LogP contribution in [0.4, 0.5) is 4.39 Å². The minimum atomic E-state index is -0.401. The molecule has 0 atom stereocenters. The molecule has 1 amide bonds. The number of benzene rings is 1. The molecule has 0 saturated heterocycles. The Morgan fingerprint density at radius 2 is 2.10 bits per heavy atom. The predicted molar refractivity (Wildman–Crippen MR) is 79.5 cm³/mol. The Morgan fingerprint density at radius 1 is 1.33 bits per heavy atom. The van der Waals surface area contributed by atoms with Crippen molar-refractivity contribution in [3.8, 4) is 0 Å². The zero-order chi connectivity index (χ0) is 15.1. The number of carbonyl (C=O) groups excluding carboxylic acids is 1. The smallest absolute Gasteiger partial charge is 0.251 e. The number of nitrogens with one attached hydrogen (secondary N) is 1. The van der Waals surface area contributed by atoms with Crippen molar-refractivity contribution in [2.45, 2.75) is 44.2 Å². The summed E-state index contributed by atoms with van der Waals surface area (Å²) in [5.41, 5.74) is 6.19. The average molecular weight is 294 g/mol. The van der Waals surface area contributed by atoms with Crippen LogP contribution in [0.3, 0.4) is 0 Å². The Balaban J connectivity index is 1.58. The van der Waals surface area contributed by atoms with Crippen LogP contribution in [0.1, 0.15) is 42.5 Å². The molecule has 1 fully saturated rings. The van der Waals surface area contributed by atoms with E-state index in [0.29, 0.717) is 30.9 Å². The van der Waals surface area contributed by atoms with Crippen LogP contribution in [0.25, 0.3) is 0 Å². The number of rotatable bonds is 6. The lowest BCUT2D eigenvalue weighted by Crippen LogP contribution is -2.31. The van der Waals surface area contributed by atoms with Gasteiger partial charge in [-0.15, -0.1) is 0 Å². The number of carbonyl (C=O) groups is 1. The molecule has 0 aromatic heterocycles. The fourth-order valence-corrected chi connectivity index (χ4v) is 2.51. The molecule has 0 spiro atoms. The van der Waals surface area contributed by atoms with Crippen LogP contribution in [0.2, 0.25) is 0 Å². The third kappa shape index (κ3) is 5.44. The number of hydrogen-bond donors (Lipinski definition) is 2. The summed E-state index contributed by atoms with van der Waals surface area (Å²) in [6.45, 7) is 1.16. The van der Waals surface area contributed by atoms with E-state index in [0.717, 1.165) is 32.1 Å². The van der Waals surface area contributed by atoms with E-state index in [1.54, 1.807) is 6.07 Å². The first-order valence-electron chi connectivity index (χ1n) is 7.56. The molecular weight excluding hydrogens is 271 g/mol. The summed E-state index contributed by atoms with van der Waals surface area (Å²) in [6.07, 6.45) is 5.17. The highest BCUT2D eigenvalue weighted by Gasteiger charge is 2.18. The van der Waals surface area contributed by atoms with Crippen LogP contribution < -0.4 is 11.1 Å². The molecule has 4 nitrogen and oxygen atoms in total. The first-order chi connectivity index (χ1) is 10.1. The summed E-state index contributed by atoms with van der Waals surface area (Å²) in [5.74, 6) is -0.653. The lowest BCUT2D eigenvalue weighted by Gasteiger charge is -2.26. The maximum absolute atomic E-state index is 13.0. The SMILES string of the molecule is NC1CCC(OCCCNC(=O)c2cccc(F)c2)CC1. The summed E-state index contributed by atoms with van der Waals surface area (Å²) in [5, 5.41) is 2.77. The summed E-state index contributed by atoms with van der Waals surface area (Å²) < 4.78 is 18.8. The van der Waals surface area contributed by atoms with Gasteiger partial charge >= 0.3 is 0 Å². The van der Waals surface area contributed by atoms with E-state index in [4.69, 9.17) is 10.5 Å². The van der Waals surface area contributed by atoms with E-state index in [1.165, 1.54) is 18.2 Å². The van der Waals surface area contributed by atoms with Gasteiger partial charge in [-0.25, -0.2) is 4.39 Å². The summed E-state index contributed by atoms with van der Waals surface area (Å²) in [4.78, 5) is 11.8. The van der Waals surface area contributed by atoms with Crippen molar-refractivity contribution in [3.05, 3.63) is 35.6 Å². The summed E-state index contributed by atoms with van der Waals surface area (Å²) in [7, 11) is 0. The highest BCUT2D eigenvalue weighted by atomic mass is 19.1. The molecule has 1 aromatic rings. The molecule has 1 aliphatic rings. The molecule has 21 heavy (non-hydrogen) atoms. The topological polar surface area (TPSA) is 64.3 Å². The Kier molecular flexibility index (Phi) is 6.14. The van der Waals surface area contributed by atoms with Crippen LogP contribution >= 0.6 is 0 Å².